The van der Waals surface area contributed by atoms with E-state index in [1.807, 2.05) is 39.5 Å². The van der Waals surface area contributed by atoms with Gasteiger partial charge in [-0.3, -0.25) is 14.5 Å². The summed E-state index contributed by atoms with van der Waals surface area (Å²) in [6.07, 6.45) is 0. The molecule has 1 rings (SSSR count). The van der Waals surface area contributed by atoms with Crippen LogP contribution in [0.3, 0.4) is 0 Å². The molecule has 0 aromatic carbocycles. The van der Waals surface area contributed by atoms with Crippen molar-refractivity contribution in [1.82, 2.24) is 9.80 Å². The van der Waals surface area contributed by atoms with Crippen molar-refractivity contribution in [3.63, 3.8) is 0 Å². The van der Waals surface area contributed by atoms with E-state index in [9.17, 15) is 14.7 Å². The van der Waals surface area contributed by atoms with Crippen LogP contribution in [0.1, 0.15) is 34.6 Å². The highest BCUT2D eigenvalue weighted by Crippen LogP contribution is 2.28. The van der Waals surface area contributed by atoms with Crippen LogP contribution in [0.25, 0.3) is 0 Å². The average molecular weight is 256 g/mol. The summed E-state index contributed by atoms with van der Waals surface area (Å²) in [5.41, 5.74) is -1.04. The van der Waals surface area contributed by atoms with Gasteiger partial charge in [0.2, 0.25) is 5.91 Å². The van der Waals surface area contributed by atoms with Gasteiger partial charge in [0.25, 0.3) is 0 Å². The Hall–Kier alpha value is -1.10. The number of carboxylic acid groups (broad SMARTS) is 1. The predicted octanol–water partition coefficient (Wildman–Crippen LogP) is 1.04. The molecule has 1 N–H and O–H groups in total. The van der Waals surface area contributed by atoms with Gasteiger partial charge >= 0.3 is 5.97 Å². The lowest BCUT2D eigenvalue weighted by atomic mass is 9.98. The van der Waals surface area contributed by atoms with Crippen molar-refractivity contribution in [1.29, 1.82) is 0 Å². The molecule has 1 amide bonds. The van der Waals surface area contributed by atoms with Gasteiger partial charge in [0, 0.05) is 18.6 Å². The average Bonchev–Trinajstić information content (AvgIpc) is 2.27. The van der Waals surface area contributed by atoms with Crippen molar-refractivity contribution in [2.45, 2.75) is 45.7 Å². The second-order valence-corrected chi connectivity index (χ2v) is 6.56. The molecule has 0 saturated carbocycles. The summed E-state index contributed by atoms with van der Waals surface area (Å²) in [5, 5.41) is 9.26. The number of hydrogen-bond donors (Lipinski definition) is 1. The van der Waals surface area contributed by atoms with E-state index in [1.54, 1.807) is 11.9 Å². The van der Waals surface area contributed by atoms with Gasteiger partial charge in [-0.1, -0.05) is 0 Å². The second kappa shape index (κ2) is 4.53. The third kappa shape index (κ3) is 2.66. The zero-order valence-electron chi connectivity index (χ0n) is 12.1. The maximum atomic E-state index is 12.6. The van der Waals surface area contributed by atoms with Crippen molar-refractivity contribution >= 4 is 11.9 Å². The molecular formula is C13H24N2O3. The van der Waals surface area contributed by atoms with Crippen LogP contribution in [-0.2, 0) is 9.59 Å². The Bertz CT molecular complexity index is 358. The summed E-state index contributed by atoms with van der Waals surface area (Å²) in [5.74, 6) is -1.40. The highest BCUT2D eigenvalue weighted by molar-refractivity contribution is 5.87. The maximum absolute atomic E-state index is 12.6. The number of amides is 1. The number of nitrogens with zero attached hydrogens (tertiary/aromatic N) is 2. The van der Waals surface area contributed by atoms with Crippen molar-refractivity contribution < 1.29 is 14.7 Å². The standard InChI is InChI=1S/C13H24N2O3/c1-12(2,3)15-8-9(10(16)17)7-14(6)13(4,5)11(15)18/h9H,7-8H2,1-6H3,(H,16,17). The zero-order chi connectivity index (χ0) is 14.3. The summed E-state index contributed by atoms with van der Waals surface area (Å²) >= 11 is 0. The molecule has 1 unspecified atom stereocenters. The lowest BCUT2D eigenvalue weighted by Gasteiger charge is -2.40. The van der Waals surface area contributed by atoms with Gasteiger partial charge in [0.05, 0.1) is 11.5 Å². The molecule has 1 aliphatic rings. The molecule has 0 bridgehead atoms. The first kappa shape index (κ1) is 15.0. The summed E-state index contributed by atoms with van der Waals surface area (Å²) < 4.78 is 0. The van der Waals surface area contributed by atoms with Gasteiger partial charge in [-0.15, -0.1) is 0 Å². The first-order valence-electron chi connectivity index (χ1n) is 6.24. The smallest absolute Gasteiger partial charge is 0.309 e. The lowest BCUT2D eigenvalue weighted by molar-refractivity contribution is -0.145. The van der Waals surface area contributed by atoms with E-state index in [0.717, 1.165) is 0 Å². The Labute approximate surface area is 109 Å². The monoisotopic (exact) mass is 256 g/mol. The number of likely N-dealkylation sites (N-methyl/N-ethyl adjacent to an activating group) is 1. The molecule has 0 aromatic heterocycles. The third-order valence-electron chi connectivity index (χ3n) is 3.78. The first-order valence-corrected chi connectivity index (χ1v) is 6.24. The van der Waals surface area contributed by atoms with Gasteiger partial charge in [0.1, 0.15) is 0 Å². The number of rotatable bonds is 1. The SMILES string of the molecule is CN1CC(C(=O)O)CN(C(C)(C)C)C(=O)C1(C)C. The fraction of sp³-hybridized carbons (Fsp3) is 0.846. The van der Waals surface area contributed by atoms with E-state index in [1.165, 1.54) is 0 Å². The number of carbonyl (C=O) groups excluding carboxylic acids is 1. The second-order valence-electron chi connectivity index (χ2n) is 6.56. The number of carboxylic acids is 1. The van der Waals surface area contributed by atoms with E-state index in [2.05, 4.69) is 0 Å². The Morgan fingerprint density at radius 3 is 2.22 bits per heavy atom. The summed E-state index contributed by atoms with van der Waals surface area (Å²) in [6.45, 7) is 10.2. The van der Waals surface area contributed by atoms with Crippen LogP contribution in [0.15, 0.2) is 0 Å². The molecule has 0 spiro atoms. The first-order chi connectivity index (χ1) is 7.98. The van der Waals surface area contributed by atoms with Gasteiger partial charge < -0.3 is 10.0 Å². The quantitative estimate of drug-likeness (QED) is 0.761. The Kier molecular flexibility index (Phi) is 3.77. The highest BCUT2D eigenvalue weighted by atomic mass is 16.4. The fourth-order valence-corrected chi connectivity index (χ4v) is 2.15. The minimum absolute atomic E-state index is 0.0127. The van der Waals surface area contributed by atoms with Crippen LogP contribution in [0.5, 0.6) is 0 Å². The summed E-state index contributed by atoms with van der Waals surface area (Å²) in [6, 6.07) is 0. The predicted molar refractivity (Wildman–Crippen MR) is 69.3 cm³/mol. The van der Waals surface area contributed by atoms with E-state index in [4.69, 9.17) is 0 Å². The Morgan fingerprint density at radius 1 is 1.33 bits per heavy atom. The largest absolute Gasteiger partial charge is 0.481 e. The van der Waals surface area contributed by atoms with Crippen LogP contribution in [0.4, 0.5) is 0 Å². The minimum Gasteiger partial charge on any atom is -0.481 e. The van der Waals surface area contributed by atoms with Crippen molar-refractivity contribution in [2.24, 2.45) is 5.92 Å². The lowest BCUT2D eigenvalue weighted by Crippen LogP contribution is -2.57. The van der Waals surface area contributed by atoms with Crippen LogP contribution in [0, 0.1) is 5.92 Å². The van der Waals surface area contributed by atoms with E-state index in [-0.39, 0.29) is 18.0 Å². The van der Waals surface area contributed by atoms with Crippen LogP contribution in [0.2, 0.25) is 0 Å². The number of carbonyl (C=O) groups is 2. The van der Waals surface area contributed by atoms with Gasteiger partial charge in [0.15, 0.2) is 0 Å². The van der Waals surface area contributed by atoms with Crippen molar-refractivity contribution in [2.75, 3.05) is 20.1 Å². The van der Waals surface area contributed by atoms with Gasteiger partial charge in [-0.25, -0.2) is 0 Å². The van der Waals surface area contributed by atoms with Crippen LogP contribution in [-0.4, -0.2) is 58.0 Å². The molecule has 1 atom stereocenters. The molecule has 1 aliphatic heterocycles. The molecule has 18 heavy (non-hydrogen) atoms. The molecule has 5 heteroatoms. The number of aliphatic carboxylic acids is 1. The molecule has 1 fully saturated rings. The van der Waals surface area contributed by atoms with E-state index in [0.29, 0.717) is 6.54 Å². The maximum Gasteiger partial charge on any atom is 0.309 e. The molecular weight excluding hydrogens is 232 g/mol. The molecule has 0 radical (unpaired) electrons. The fourth-order valence-electron chi connectivity index (χ4n) is 2.15. The molecule has 5 nitrogen and oxygen atoms in total. The summed E-state index contributed by atoms with van der Waals surface area (Å²) in [4.78, 5) is 27.4. The minimum atomic E-state index is -0.846. The molecule has 1 saturated heterocycles. The zero-order valence-corrected chi connectivity index (χ0v) is 12.1. The molecule has 1 heterocycles. The van der Waals surface area contributed by atoms with Crippen molar-refractivity contribution in [3.8, 4) is 0 Å². The molecule has 104 valence electrons. The van der Waals surface area contributed by atoms with Crippen LogP contribution < -0.4 is 0 Å². The van der Waals surface area contributed by atoms with E-state index >= 15 is 0 Å². The van der Waals surface area contributed by atoms with Crippen molar-refractivity contribution in [3.05, 3.63) is 0 Å². The highest BCUT2D eigenvalue weighted by Gasteiger charge is 2.45. The van der Waals surface area contributed by atoms with Crippen LogP contribution >= 0.6 is 0 Å². The molecule has 0 aromatic rings. The Balaban J connectivity index is 3.18. The van der Waals surface area contributed by atoms with Gasteiger partial charge in [-0.05, 0) is 41.7 Å². The normalized spacial score (nSPS) is 26.0. The molecule has 0 aliphatic carbocycles. The topological polar surface area (TPSA) is 60.9 Å². The number of hydrogen-bond acceptors (Lipinski definition) is 3. The Morgan fingerprint density at radius 2 is 1.83 bits per heavy atom. The van der Waals surface area contributed by atoms with E-state index < -0.39 is 17.4 Å². The third-order valence-corrected chi connectivity index (χ3v) is 3.78. The summed E-state index contributed by atoms with van der Waals surface area (Å²) in [7, 11) is 1.81. The van der Waals surface area contributed by atoms with Gasteiger partial charge in [-0.2, -0.15) is 0 Å².